The molecule has 3 rings (SSSR count). The molecule has 1 aliphatic rings. The number of ketones is 1. The second-order valence-corrected chi connectivity index (χ2v) is 6.20. The van der Waals surface area contributed by atoms with Gasteiger partial charge in [-0.2, -0.15) is 0 Å². The third kappa shape index (κ3) is 3.50. The first-order valence-electron chi connectivity index (χ1n) is 8.16. The minimum atomic E-state index is -0.145. The number of aryl methyl sites for hydroxylation is 1. The van der Waals surface area contributed by atoms with Crippen LogP contribution in [0.4, 0.5) is 0 Å². The van der Waals surface area contributed by atoms with E-state index in [9.17, 15) is 9.59 Å². The molecule has 0 aromatic heterocycles. The number of amides is 1. The molecule has 3 heteroatoms. The van der Waals surface area contributed by atoms with Crippen LogP contribution < -0.4 is 5.32 Å². The summed E-state index contributed by atoms with van der Waals surface area (Å²) in [6.07, 6.45) is 4.38. The Labute approximate surface area is 136 Å². The smallest absolute Gasteiger partial charge is 0.252 e. The van der Waals surface area contributed by atoms with Crippen molar-refractivity contribution < 1.29 is 9.59 Å². The molecule has 1 fully saturated rings. The molecule has 0 aliphatic heterocycles. The summed E-state index contributed by atoms with van der Waals surface area (Å²) in [6, 6.07) is 14.7. The molecule has 1 aliphatic carbocycles. The van der Waals surface area contributed by atoms with Gasteiger partial charge in [0.15, 0.2) is 5.78 Å². The topological polar surface area (TPSA) is 46.2 Å². The quantitative estimate of drug-likeness (QED) is 0.871. The van der Waals surface area contributed by atoms with Crippen LogP contribution in [-0.2, 0) is 0 Å². The summed E-state index contributed by atoms with van der Waals surface area (Å²) in [5.41, 5.74) is 2.64. The van der Waals surface area contributed by atoms with Crippen molar-refractivity contribution in [3.8, 4) is 0 Å². The van der Waals surface area contributed by atoms with Gasteiger partial charge in [-0.15, -0.1) is 0 Å². The van der Waals surface area contributed by atoms with Crippen LogP contribution >= 0.6 is 0 Å². The van der Waals surface area contributed by atoms with Gasteiger partial charge in [0.2, 0.25) is 0 Å². The lowest BCUT2D eigenvalue weighted by Gasteiger charge is -2.14. The highest BCUT2D eigenvalue weighted by atomic mass is 16.2. The van der Waals surface area contributed by atoms with Crippen LogP contribution in [0.15, 0.2) is 48.5 Å². The fourth-order valence-electron chi connectivity index (χ4n) is 3.07. The van der Waals surface area contributed by atoms with Crippen LogP contribution in [-0.4, -0.2) is 17.7 Å². The zero-order chi connectivity index (χ0) is 16.2. The number of rotatable bonds is 4. The fourth-order valence-corrected chi connectivity index (χ4v) is 3.07. The first-order chi connectivity index (χ1) is 11.1. The van der Waals surface area contributed by atoms with Gasteiger partial charge >= 0.3 is 0 Å². The second kappa shape index (κ2) is 6.78. The zero-order valence-corrected chi connectivity index (χ0v) is 13.3. The lowest BCUT2D eigenvalue weighted by molar-refractivity contribution is 0.0927. The Kier molecular flexibility index (Phi) is 4.56. The maximum atomic E-state index is 12.7. The van der Waals surface area contributed by atoms with E-state index < -0.39 is 0 Å². The molecule has 1 amide bonds. The Morgan fingerprint density at radius 3 is 2.17 bits per heavy atom. The Morgan fingerprint density at radius 2 is 1.52 bits per heavy atom. The van der Waals surface area contributed by atoms with Gasteiger partial charge in [0.25, 0.3) is 5.91 Å². The lowest BCUT2D eigenvalue weighted by Crippen LogP contribution is -2.33. The highest BCUT2D eigenvalue weighted by Gasteiger charge is 2.22. The van der Waals surface area contributed by atoms with E-state index in [4.69, 9.17) is 0 Å². The van der Waals surface area contributed by atoms with Crippen LogP contribution in [0, 0.1) is 6.92 Å². The normalized spacial score (nSPS) is 14.7. The molecule has 1 N–H and O–H groups in total. The number of hydrogen-bond acceptors (Lipinski definition) is 2. The Hall–Kier alpha value is -2.42. The molecule has 0 unspecified atom stereocenters. The lowest BCUT2D eigenvalue weighted by atomic mass is 9.97. The standard InChI is InChI=1S/C20H21NO2/c1-14-10-12-15(13-11-14)19(22)17-8-4-5-9-18(17)20(23)21-16-6-2-3-7-16/h4-5,8-13,16H,2-3,6-7H2,1H3,(H,21,23). The van der Waals surface area contributed by atoms with Crippen LogP contribution in [0.5, 0.6) is 0 Å². The van der Waals surface area contributed by atoms with Gasteiger partial charge in [-0.05, 0) is 25.8 Å². The Bertz CT molecular complexity index is 713. The van der Waals surface area contributed by atoms with Crippen molar-refractivity contribution in [2.24, 2.45) is 0 Å². The number of carbonyl (C=O) groups is 2. The van der Waals surface area contributed by atoms with E-state index in [2.05, 4.69) is 5.32 Å². The van der Waals surface area contributed by atoms with E-state index in [0.717, 1.165) is 31.2 Å². The van der Waals surface area contributed by atoms with Gasteiger partial charge in [-0.25, -0.2) is 0 Å². The highest BCUT2D eigenvalue weighted by Crippen LogP contribution is 2.20. The largest absolute Gasteiger partial charge is 0.349 e. The van der Waals surface area contributed by atoms with Gasteiger partial charge in [-0.1, -0.05) is 60.9 Å². The maximum absolute atomic E-state index is 12.7. The molecule has 0 saturated heterocycles. The van der Waals surface area contributed by atoms with E-state index in [1.54, 1.807) is 24.3 Å². The molecule has 1 saturated carbocycles. The van der Waals surface area contributed by atoms with E-state index in [0.29, 0.717) is 16.7 Å². The van der Waals surface area contributed by atoms with Crippen LogP contribution in [0.25, 0.3) is 0 Å². The molecule has 0 radical (unpaired) electrons. The van der Waals surface area contributed by atoms with Crippen LogP contribution in [0.2, 0.25) is 0 Å². The average Bonchev–Trinajstić information content (AvgIpc) is 3.08. The maximum Gasteiger partial charge on any atom is 0.252 e. The molecular formula is C20H21NO2. The molecule has 118 valence electrons. The molecule has 0 heterocycles. The van der Waals surface area contributed by atoms with E-state index in [-0.39, 0.29) is 17.7 Å². The monoisotopic (exact) mass is 307 g/mol. The van der Waals surface area contributed by atoms with Crippen molar-refractivity contribution in [2.75, 3.05) is 0 Å². The summed E-state index contributed by atoms with van der Waals surface area (Å²) >= 11 is 0. The van der Waals surface area contributed by atoms with Gasteiger partial charge in [-0.3, -0.25) is 9.59 Å². The van der Waals surface area contributed by atoms with Gasteiger partial charge in [0.05, 0.1) is 5.56 Å². The van der Waals surface area contributed by atoms with Crippen molar-refractivity contribution >= 4 is 11.7 Å². The molecule has 23 heavy (non-hydrogen) atoms. The van der Waals surface area contributed by atoms with E-state index in [1.165, 1.54) is 0 Å². The zero-order valence-electron chi connectivity index (χ0n) is 13.3. The molecule has 0 bridgehead atoms. The first kappa shape index (κ1) is 15.5. The molecule has 3 nitrogen and oxygen atoms in total. The van der Waals surface area contributed by atoms with Gasteiger partial charge < -0.3 is 5.32 Å². The summed E-state index contributed by atoms with van der Waals surface area (Å²) in [5.74, 6) is -0.255. The summed E-state index contributed by atoms with van der Waals surface area (Å²) < 4.78 is 0. The fraction of sp³-hybridized carbons (Fsp3) is 0.300. The number of carbonyl (C=O) groups excluding carboxylic acids is 2. The first-order valence-corrected chi connectivity index (χ1v) is 8.16. The summed E-state index contributed by atoms with van der Waals surface area (Å²) in [6.45, 7) is 1.98. The number of hydrogen-bond donors (Lipinski definition) is 1. The van der Waals surface area contributed by atoms with Crippen molar-refractivity contribution in [2.45, 2.75) is 38.6 Å². The van der Waals surface area contributed by atoms with Crippen LogP contribution in [0.1, 0.15) is 57.5 Å². The second-order valence-electron chi connectivity index (χ2n) is 6.20. The van der Waals surface area contributed by atoms with Gasteiger partial charge in [0.1, 0.15) is 0 Å². The Morgan fingerprint density at radius 1 is 0.913 bits per heavy atom. The van der Waals surface area contributed by atoms with E-state index in [1.807, 2.05) is 31.2 Å². The van der Waals surface area contributed by atoms with Crippen LogP contribution in [0.3, 0.4) is 0 Å². The summed E-state index contributed by atoms with van der Waals surface area (Å²) in [5, 5.41) is 3.06. The number of benzene rings is 2. The van der Waals surface area contributed by atoms with Crippen molar-refractivity contribution in [1.82, 2.24) is 5.32 Å². The predicted molar refractivity (Wildman–Crippen MR) is 90.8 cm³/mol. The van der Waals surface area contributed by atoms with Crippen molar-refractivity contribution in [1.29, 1.82) is 0 Å². The molecule has 0 atom stereocenters. The van der Waals surface area contributed by atoms with Crippen molar-refractivity contribution in [3.05, 3.63) is 70.8 Å². The minimum absolute atomic E-state index is 0.109. The SMILES string of the molecule is Cc1ccc(C(=O)c2ccccc2C(=O)NC2CCCC2)cc1. The molecule has 2 aromatic carbocycles. The summed E-state index contributed by atoms with van der Waals surface area (Å²) in [7, 11) is 0. The van der Waals surface area contributed by atoms with Crippen molar-refractivity contribution in [3.63, 3.8) is 0 Å². The molecule has 2 aromatic rings. The summed E-state index contributed by atoms with van der Waals surface area (Å²) in [4.78, 5) is 25.3. The third-order valence-corrected chi connectivity index (χ3v) is 4.42. The average molecular weight is 307 g/mol. The molecular weight excluding hydrogens is 286 g/mol. The predicted octanol–water partition coefficient (Wildman–Crippen LogP) is 3.90. The third-order valence-electron chi connectivity index (χ3n) is 4.42. The van der Waals surface area contributed by atoms with E-state index >= 15 is 0 Å². The number of nitrogens with one attached hydrogen (secondary N) is 1. The minimum Gasteiger partial charge on any atom is -0.349 e. The Balaban J connectivity index is 1.86. The molecule has 0 spiro atoms. The van der Waals surface area contributed by atoms with Gasteiger partial charge in [0, 0.05) is 17.2 Å². The highest BCUT2D eigenvalue weighted by molar-refractivity contribution is 6.15.